The molecule has 0 aliphatic carbocycles. The summed E-state index contributed by atoms with van der Waals surface area (Å²) in [5.74, 6) is 0. The number of amidine groups is 1. The van der Waals surface area contributed by atoms with E-state index in [2.05, 4.69) is 54.5 Å². The zero-order chi connectivity index (χ0) is 14.2. The van der Waals surface area contributed by atoms with E-state index in [0.29, 0.717) is 11.3 Å². The van der Waals surface area contributed by atoms with E-state index >= 15 is 0 Å². The first-order chi connectivity index (χ1) is 9.79. The summed E-state index contributed by atoms with van der Waals surface area (Å²) >= 11 is 1.87. The molecular formula is C17H26N2S. The molecule has 1 aromatic carbocycles. The van der Waals surface area contributed by atoms with Crippen LogP contribution in [0.15, 0.2) is 35.3 Å². The SMILES string of the molecule is CCCCCCC(C)NC1=NCC(c2ccccc2)S1. The van der Waals surface area contributed by atoms with E-state index in [1.807, 2.05) is 11.8 Å². The van der Waals surface area contributed by atoms with Crippen molar-refractivity contribution < 1.29 is 0 Å². The zero-order valence-corrected chi connectivity index (χ0v) is 13.5. The molecule has 0 saturated heterocycles. The van der Waals surface area contributed by atoms with Crippen molar-refractivity contribution in [3.8, 4) is 0 Å². The van der Waals surface area contributed by atoms with Gasteiger partial charge in [0.05, 0.1) is 11.8 Å². The van der Waals surface area contributed by atoms with Crippen molar-refractivity contribution in [2.24, 2.45) is 4.99 Å². The molecule has 2 rings (SSSR count). The molecule has 1 heterocycles. The molecule has 0 amide bonds. The Morgan fingerprint density at radius 2 is 2.05 bits per heavy atom. The Bertz CT molecular complexity index is 416. The van der Waals surface area contributed by atoms with Crippen molar-refractivity contribution in [1.82, 2.24) is 5.32 Å². The van der Waals surface area contributed by atoms with Crippen molar-refractivity contribution in [3.05, 3.63) is 35.9 Å². The second-order valence-electron chi connectivity index (χ2n) is 5.56. The van der Waals surface area contributed by atoms with Crippen molar-refractivity contribution in [3.63, 3.8) is 0 Å². The number of rotatable bonds is 7. The van der Waals surface area contributed by atoms with E-state index in [1.165, 1.54) is 37.7 Å². The third-order valence-corrected chi connectivity index (χ3v) is 4.86. The summed E-state index contributed by atoms with van der Waals surface area (Å²) < 4.78 is 0. The van der Waals surface area contributed by atoms with Crippen LogP contribution < -0.4 is 5.32 Å². The summed E-state index contributed by atoms with van der Waals surface area (Å²) in [5.41, 5.74) is 1.38. The van der Waals surface area contributed by atoms with Crippen LogP contribution in [-0.4, -0.2) is 17.8 Å². The van der Waals surface area contributed by atoms with Gasteiger partial charge < -0.3 is 5.32 Å². The lowest BCUT2D eigenvalue weighted by molar-refractivity contribution is 0.545. The number of hydrogen-bond donors (Lipinski definition) is 1. The predicted molar refractivity (Wildman–Crippen MR) is 90.4 cm³/mol. The molecule has 3 heteroatoms. The van der Waals surface area contributed by atoms with Gasteiger partial charge in [-0.3, -0.25) is 4.99 Å². The normalized spacial score (nSPS) is 19.7. The van der Waals surface area contributed by atoms with E-state index in [9.17, 15) is 0 Å². The summed E-state index contributed by atoms with van der Waals surface area (Å²) in [6.45, 7) is 5.43. The molecule has 1 aliphatic rings. The molecule has 1 N–H and O–H groups in total. The predicted octanol–water partition coefficient (Wildman–Crippen LogP) is 4.78. The van der Waals surface area contributed by atoms with Gasteiger partial charge in [-0.15, -0.1) is 0 Å². The Balaban J connectivity index is 1.70. The summed E-state index contributed by atoms with van der Waals surface area (Å²) in [5, 5.41) is 5.19. The molecule has 20 heavy (non-hydrogen) atoms. The van der Waals surface area contributed by atoms with Crippen molar-refractivity contribution >= 4 is 16.9 Å². The van der Waals surface area contributed by atoms with Gasteiger partial charge in [0.2, 0.25) is 0 Å². The van der Waals surface area contributed by atoms with Crippen LogP contribution in [-0.2, 0) is 0 Å². The van der Waals surface area contributed by atoms with Gasteiger partial charge in [0.15, 0.2) is 5.17 Å². The van der Waals surface area contributed by atoms with Gasteiger partial charge in [-0.25, -0.2) is 0 Å². The maximum atomic E-state index is 4.65. The summed E-state index contributed by atoms with van der Waals surface area (Å²) in [6, 6.07) is 11.2. The highest BCUT2D eigenvalue weighted by Gasteiger charge is 2.21. The number of nitrogens with zero attached hydrogens (tertiary/aromatic N) is 1. The third-order valence-electron chi connectivity index (χ3n) is 3.69. The van der Waals surface area contributed by atoms with Crippen LogP contribution in [0.4, 0.5) is 0 Å². The van der Waals surface area contributed by atoms with Gasteiger partial charge in [-0.05, 0) is 18.9 Å². The lowest BCUT2D eigenvalue weighted by atomic mass is 10.1. The topological polar surface area (TPSA) is 24.4 Å². The summed E-state index contributed by atoms with van der Waals surface area (Å²) in [7, 11) is 0. The standard InChI is InChI=1S/C17H26N2S/c1-3-4-5-7-10-14(2)19-17-18-13-16(20-17)15-11-8-6-9-12-15/h6,8-9,11-12,14,16H,3-5,7,10,13H2,1-2H3,(H,18,19). The number of nitrogens with one attached hydrogen (secondary N) is 1. The molecular weight excluding hydrogens is 264 g/mol. The molecule has 0 aromatic heterocycles. The molecule has 1 aliphatic heterocycles. The molecule has 2 nitrogen and oxygen atoms in total. The van der Waals surface area contributed by atoms with Gasteiger partial charge in [0.1, 0.15) is 0 Å². The van der Waals surface area contributed by atoms with Crippen molar-refractivity contribution in [2.45, 2.75) is 57.2 Å². The van der Waals surface area contributed by atoms with Crippen molar-refractivity contribution in [1.29, 1.82) is 0 Å². The molecule has 2 atom stereocenters. The monoisotopic (exact) mass is 290 g/mol. The molecule has 0 fully saturated rings. The maximum absolute atomic E-state index is 4.65. The fourth-order valence-corrected chi connectivity index (χ4v) is 3.59. The number of aliphatic imine (C=N–C) groups is 1. The Labute approximate surface area is 127 Å². The summed E-state index contributed by atoms with van der Waals surface area (Å²) in [6.07, 6.45) is 6.59. The maximum Gasteiger partial charge on any atom is 0.157 e. The van der Waals surface area contributed by atoms with Crippen LogP contribution in [0.3, 0.4) is 0 Å². The minimum absolute atomic E-state index is 0.492. The largest absolute Gasteiger partial charge is 0.362 e. The first-order valence-electron chi connectivity index (χ1n) is 7.82. The fourth-order valence-electron chi connectivity index (χ4n) is 2.46. The average molecular weight is 290 g/mol. The lowest BCUT2D eigenvalue weighted by Crippen LogP contribution is -2.29. The Hall–Kier alpha value is -0.960. The minimum Gasteiger partial charge on any atom is -0.362 e. The smallest absolute Gasteiger partial charge is 0.157 e. The Morgan fingerprint density at radius 1 is 1.25 bits per heavy atom. The first-order valence-corrected chi connectivity index (χ1v) is 8.70. The van der Waals surface area contributed by atoms with Gasteiger partial charge >= 0.3 is 0 Å². The second-order valence-corrected chi connectivity index (χ2v) is 6.75. The number of benzene rings is 1. The quantitative estimate of drug-likeness (QED) is 0.731. The highest BCUT2D eigenvalue weighted by atomic mass is 32.2. The van der Waals surface area contributed by atoms with Gasteiger partial charge in [-0.1, -0.05) is 74.7 Å². The van der Waals surface area contributed by atoms with Crippen molar-refractivity contribution in [2.75, 3.05) is 6.54 Å². The van der Waals surface area contributed by atoms with Crippen LogP contribution in [0.1, 0.15) is 56.8 Å². The highest BCUT2D eigenvalue weighted by Crippen LogP contribution is 2.34. The number of hydrogen-bond acceptors (Lipinski definition) is 3. The van der Waals surface area contributed by atoms with Crippen LogP contribution in [0, 0.1) is 0 Å². The van der Waals surface area contributed by atoms with Gasteiger partial charge in [-0.2, -0.15) is 0 Å². The van der Waals surface area contributed by atoms with Crippen LogP contribution in [0.2, 0.25) is 0 Å². The summed E-state index contributed by atoms with van der Waals surface area (Å²) in [4.78, 5) is 4.65. The third kappa shape index (κ3) is 4.86. The fraction of sp³-hybridized carbons (Fsp3) is 0.588. The Morgan fingerprint density at radius 3 is 2.80 bits per heavy atom. The minimum atomic E-state index is 0.492. The van der Waals surface area contributed by atoms with Crippen LogP contribution in [0.5, 0.6) is 0 Å². The molecule has 1 aromatic rings. The lowest BCUT2D eigenvalue weighted by Gasteiger charge is -2.15. The van der Waals surface area contributed by atoms with Gasteiger partial charge in [0.25, 0.3) is 0 Å². The van der Waals surface area contributed by atoms with E-state index < -0.39 is 0 Å². The van der Waals surface area contributed by atoms with E-state index in [-0.39, 0.29) is 0 Å². The Kier molecular flexibility index (Phi) is 6.44. The highest BCUT2D eigenvalue weighted by molar-refractivity contribution is 8.14. The van der Waals surface area contributed by atoms with Gasteiger partial charge in [0, 0.05) is 6.04 Å². The molecule has 0 bridgehead atoms. The first kappa shape index (κ1) is 15.4. The van der Waals surface area contributed by atoms with Crippen LogP contribution >= 0.6 is 11.8 Å². The second kappa shape index (κ2) is 8.35. The number of thioether (sulfide) groups is 1. The van der Waals surface area contributed by atoms with E-state index in [4.69, 9.17) is 0 Å². The molecule has 0 spiro atoms. The average Bonchev–Trinajstić information content (AvgIpc) is 2.93. The number of unbranched alkanes of at least 4 members (excludes halogenated alkanes) is 3. The molecule has 110 valence electrons. The van der Waals surface area contributed by atoms with Crippen LogP contribution in [0.25, 0.3) is 0 Å². The van der Waals surface area contributed by atoms with E-state index in [0.717, 1.165) is 11.7 Å². The van der Waals surface area contributed by atoms with E-state index in [1.54, 1.807) is 0 Å². The molecule has 0 radical (unpaired) electrons. The molecule has 0 saturated carbocycles. The molecule has 2 unspecified atom stereocenters. The zero-order valence-electron chi connectivity index (χ0n) is 12.6.